The Hall–Kier alpha value is -1.88. The fourth-order valence-corrected chi connectivity index (χ4v) is 3.46. The molecule has 0 aliphatic carbocycles. The van der Waals surface area contributed by atoms with Gasteiger partial charge < -0.3 is 10.0 Å². The smallest absolute Gasteiger partial charge is 0.335 e. The Balaban J connectivity index is 1.88. The second-order valence-electron chi connectivity index (χ2n) is 5.07. The molecule has 0 unspecified atom stereocenters. The summed E-state index contributed by atoms with van der Waals surface area (Å²) < 4.78 is 0. The van der Waals surface area contributed by atoms with E-state index in [1.807, 2.05) is 13.0 Å². The molecular formula is C15H16N2O2S. The zero-order valence-corrected chi connectivity index (χ0v) is 12.3. The van der Waals surface area contributed by atoms with E-state index < -0.39 is 5.97 Å². The minimum absolute atomic E-state index is 0.349. The van der Waals surface area contributed by atoms with Crippen LogP contribution < -0.4 is 4.90 Å². The quantitative estimate of drug-likeness (QED) is 0.943. The lowest BCUT2D eigenvalue weighted by molar-refractivity contribution is 0.0697. The third-order valence-electron chi connectivity index (χ3n) is 3.72. The van der Waals surface area contributed by atoms with Gasteiger partial charge in [0, 0.05) is 17.1 Å². The summed E-state index contributed by atoms with van der Waals surface area (Å²) in [4.78, 5) is 19.1. The highest BCUT2D eigenvalue weighted by Crippen LogP contribution is 2.31. The monoisotopic (exact) mass is 288 g/mol. The number of carboxylic acid groups (broad SMARTS) is 1. The standard InChI is InChI=1S/C15H16N2O2S/c1-9-10(2)20-14(16-9)8-17-6-5-11-3-4-12(15(18)19)7-13(11)17/h3-4,7H,5-6,8H2,1-2H3,(H,18,19). The molecule has 104 valence electrons. The summed E-state index contributed by atoms with van der Waals surface area (Å²) in [5, 5.41) is 10.2. The first-order valence-electron chi connectivity index (χ1n) is 6.58. The lowest BCUT2D eigenvalue weighted by Crippen LogP contribution is -2.19. The molecule has 0 spiro atoms. The van der Waals surface area contributed by atoms with Gasteiger partial charge in [-0.15, -0.1) is 11.3 Å². The van der Waals surface area contributed by atoms with Crippen LogP contribution in [0.2, 0.25) is 0 Å². The van der Waals surface area contributed by atoms with Crippen LogP contribution in [0.25, 0.3) is 0 Å². The van der Waals surface area contributed by atoms with Crippen LogP contribution in [-0.2, 0) is 13.0 Å². The molecule has 2 aromatic rings. The number of aromatic nitrogens is 1. The SMILES string of the molecule is Cc1nc(CN2CCc3ccc(C(=O)O)cc32)sc1C. The molecule has 5 heteroatoms. The van der Waals surface area contributed by atoms with Crippen molar-refractivity contribution in [2.24, 2.45) is 0 Å². The van der Waals surface area contributed by atoms with Crippen LogP contribution in [-0.4, -0.2) is 22.6 Å². The summed E-state index contributed by atoms with van der Waals surface area (Å²) in [6, 6.07) is 5.39. The number of nitrogens with zero attached hydrogens (tertiary/aromatic N) is 2. The summed E-state index contributed by atoms with van der Waals surface area (Å²) in [5.41, 5.74) is 3.70. The van der Waals surface area contributed by atoms with E-state index in [-0.39, 0.29) is 0 Å². The summed E-state index contributed by atoms with van der Waals surface area (Å²) in [6.45, 7) is 5.79. The topological polar surface area (TPSA) is 53.4 Å². The van der Waals surface area contributed by atoms with Gasteiger partial charge in [-0.1, -0.05) is 6.07 Å². The molecule has 1 aromatic carbocycles. The van der Waals surface area contributed by atoms with Crippen LogP contribution in [0, 0.1) is 13.8 Å². The van der Waals surface area contributed by atoms with E-state index >= 15 is 0 Å². The van der Waals surface area contributed by atoms with Gasteiger partial charge in [-0.3, -0.25) is 0 Å². The normalized spacial score (nSPS) is 13.6. The second kappa shape index (κ2) is 4.90. The van der Waals surface area contributed by atoms with Crippen molar-refractivity contribution in [1.29, 1.82) is 0 Å². The molecule has 0 radical (unpaired) electrons. The zero-order chi connectivity index (χ0) is 14.3. The van der Waals surface area contributed by atoms with E-state index in [0.29, 0.717) is 5.56 Å². The number of hydrogen-bond donors (Lipinski definition) is 1. The molecule has 4 nitrogen and oxygen atoms in total. The molecule has 0 saturated heterocycles. The minimum Gasteiger partial charge on any atom is -0.478 e. The van der Waals surface area contributed by atoms with Crippen molar-refractivity contribution in [1.82, 2.24) is 4.98 Å². The first-order chi connectivity index (χ1) is 9.54. The van der Waals surface area contributed by atoms with E-state index in [0.717, 1.165) is 35.9 Å². The molecule has 1 aliphatic heterocycles. The van der Waals surface area contributed by atoms with Crippen LogP contribution in [0.1, 0.15) is 31.5 Å². The number of aryl methyl sites for hydroxylation is 2. The number of rotatable bonds is 3. The average molecular weight is 288 g/mol. The maximum atomic E-state index is 11.1. The molecule has 0 fully saturated rings. The van der Waals surface area contributed by atoms with Crippen LogP contribution in [0.4, 0.5) is 5.69 Å². The molecule has 2 heterocycles. The van der Waals surface area contributed by atoms with E-state index in [4.69, 9.17) is 5.11 Å². The molecule has 0 saturated carbocycles. The third kappa shape index (κ3) is 2.29. The number of thiazole rings is 1. The number of benzene rings is 1. The highest BCUT2D eigenvalue weighted by atomic mass is 32.1. The molecule has 3 rings (SSSR count). The molecule has 20 heavy (non-hydrogen) atoms. The Morgan fingerprint density at radius 2 is 2.25 bits per heavy atom. The summed E-state index contributed by atoms with van der Waals surface area (Å²) in [6.07, 6.45) is 0.971. The van der Waals surface area contributed by atoms with Gasteiger partial charge in [0.05, 0.1) is 17.8 Å². The predicted molar refractivity (Wildman–Crippen MR) is 79.7 cm³/mol. The van der Waals surface area contributed by atoms with Crippen LogP contribution >= 0.6 is 11.3 Å². The number of hydrogen-bond acceptors (Lipinski definition) is 4. The summed E-state index contributed by atoms with van der Waals surface area (Å²) in [7, 11) is 0. The third-order valence-corrected chi connectivity index (χ3v) is 4.78. The molecule has 0 atom stereocenters. The van der Waals surface area contributed by atoms with Crippen molar-refractivity contribution in [3.05, 3.63) is 44.9 Å². The van der Waals surface area contributed by atoms with Gasteiger partial charge in [0.2, 0.25) is 0 Å². The van der Waals surface area contributed by atoms with Gasteiger partial charge in [-0.05, 0) is 38.0 Å². The fraction of sp³-hybridized carbons (Fsp3) is 0.333. The first-order valence-corrected chi connectivity index (χ1v) is 7.40. The van der Waals surface area contributed by atoms with E-state index in [1.165, 1.54) is 10.4 Å². The van der Waals surface area contributed by atoms with Gasteiger partial charge in [0.25, 0.3) is 0 Å². The maximum absolute atomic E-state index is 11.1. The number of aromatic carboxylic acids is 1. The van der Waals surface area contributed by atoms with Crippen molar-refractivity contribution in [2.45, 2.75) is 26.8 Å². The van der Waals surface area contributed by atoms with Crippen LogP contribution in [0.15, 0.2) is 18.2 Å². The van der Waals surface area contributed by atoms with Gasteiger partial charge in [0.15, 0.2) is 0 Å². The molecule has 1 aliphatic rings. The molecular weight excluding hydrogens is 272 g/mol. The number of fused-ring (bicyclic) bond motifs is 1. The lowest BCUT2D eigenvalue weighted by atomic mass is 10.1. The average Bonchev–Trinajstić information content (AvgIpc) is 2.94. The van der Waals surface area contributed by atoms with Crippen molar-refractivity contribution in [3.63, 3.8) is 0 Å². The summed E-state index contributed by atoms with van der Waals surface area (Å²) >= 11 is 1.72. The van der Waals surface area contributed by atoms with E-state index in [9.17, 15) is 4.79 Å². The minimum atomic E-state index is -0.874. The Bertz CT molecular complexity index is 659. The maximum Gasteiger partial charge on any atom is 0.335 e. The van der Waals surface area contributed by atoms with Crippen molar-refractivity contribution in [2.75, 3.05) is 11.4 Å². The van der Waals surface area contributed by atoms with Crippen LogP contribution in [0.3, 0.4) is 0 Å². The highest BCUT2D eigenvalue weighted by Gasteiger charge is 2.21. The number of anilines is 1. The fourth-order valence-electron chi connectivity index (χ4n) is 2.51. The Morgan fingerprint density at radius 3 is 2.90 bits per heavy atom. The first kappa shape index (κ1) is 13.1. The Kier molecular flexibility index (Phi) is 3.22. The van der Waals surface area contributed by atoms with Crippen LogP contribution in [0.5, 0.6) is 0 Å². The molecule has 1 aromatic heterocycles. The molecule has 0 amide bonds. The van der Waals surface area contributed by atoms with Gasteiger partial charge in [-0.25, -0.2) is 9.78 Å². The number of carboxylic acids is 1. The van der Waals surface area contributed by atoms with E-state index in [1.54, 1.807) is 23.5 Å². The number of carbonyl (C=O) groups is 1. The van der Waals surface area contributed by atoms with Crippen molar-refractivity contribution in [3.8, 4) is 0 Å². The molecule has 0 bridgehead atoms. The Morgan fingerprint density at radius 1 is 1.45 bits per heavy atom. The zero-order valence-electron chi connectivity index (χ0n) is 11.5. The van der Waals surface area contributed by atoms with Crippen molar-refractivity contribution < 1.29 is 9.90 Å². The predicted octanol–water partition coefficient (Wildman–Crippen LogP) is 3.02. The largest absolute Gasteiger partial charge is 0.478 e. The lowest BCUT2D eigenvalue weighted by Gasteiger charge is -2.18. The Labute approximate surface area is 121 Å². The summed E-state index contributed by atoms with van der Waals surface area (Å²) in [5.74, 6) is -0.874. The van der Waals surface area contributed by atoms with Gasteiger partial charge in [-0.2, -0.15) is 0 Å². The van der Waals surface area contributed by atoms with Gasteiger partial charge >= 0.3 is 5.97 Å². The van der Waals surface area contributed by atoms with Gasteiger partial charge in [0.1, 0.15) is 5.01 Å². The van der Waals surface area contributed by atoms with E-state index in [2.05, 4.69) is 16.8 Å². The van der Waals surface area contributed by atoms with Crippen molar-refractivity contribution >= 4 is 23.0 Å². The molecule has 1 N–H and O–H groups in total. The highest BCUT2D eigenvalue weighted by molar-refractivity contribution is 7.11. The second-order valence-corrected chi connectivity index (χ2v) is 6.36.